The fraction of sp³-hybridized carbons (Fsp3) is 0.333. The zero-order valence-electron chi connectivity index (χ0n) is 19.8. The zero-order chi connectivity index (χ0) is 25.5. The molecule has 0 bridgehead atoms. The van der Waals surface area contributed by atoms with Crippen molar-refractivity contribution < 1.29 is 19.8 Å². The Bertz CT molecular complexity index is 1160. The van der Waals surface area contributed by atoms with Gasteiger partial charge in [-0.1, -0.05) is 54.1 Å². The van der Waals surface area contributed by atoms with Gasteiger partial charge < -0.3 is 25.3 Å². The second kappa shape index (κ2) is 12.4. The van der Waals surface area contributed by atoms with E-state index in [9.17, 15) is 19.8 Å². The van der Waals surface area contributed by atoms with Crippen molar-refractivity contribution in [1.29, 1.82) is 0 Å². The van der Waals surface area contributed by atoms with Crippen LogP contribution in [0.3, 0.4) is 0 Å². The summed E-state index contributed by atoms with van der Waals surface area (Å²) in [6, 6.07) is 19.8. The molecule has 0 radical (unpaired) electrons. The molecule has 1 aliphatic heterocycles. The highest BCUT2D eigenvalue weighted by Crippen LogP contribution is 2.26. The van der Waals surface area contributed by atoms with Crippen LogP contribution in [0, 0.1) is 0 Å². The van der Waals surface area contributed by atoms with Crippen LogP contribution < -0.4 is 10.2 Å². The van der Waals surface area contributed by atoms with Crippen LogP contribution in [0.1, 0.15) is 16.0 Å². The Balaban J connectivity index is 1.20. The monoisotopic (exact) mass is 527 g/mol. The number of benzene rings is 2. The molecular formula is C27H30ClN3O4S. The average molecular weight is 528 g/mol. The van der Waals surface area contributed by atoms with Crippen molar-refractivity contribution >= 4 is 40.4 Å². The predicted octanol–water partition coefficient (Wildman–Crippen LogP) is 2.72. The molecule has 0 saturated carbocycles. The molecule has 1 aromatic heterocycles. The second-order valence-electron chi connectivity index (χ2n) is 8.78. The van der Waals surface area contributed by atoms with Gasteiger partial charge in [0.05, 0.1) is 10.7 Å². The number of nitrogens with one attached hydrogen (secondary N) is 1. The SMILES string of the molecule is O=C(NCCc1cc(Cc2ccccc2)cs1)[C@H](O)[C@@H](O)C(=O)N1CCN(c2ccccc2Cl)CC1. The largest absolute Gasteiger partial charge is 0.380 e. The lowest BCUT2D eigenvalue weighted by atomic mass is 10.1. The van der Waals surface area contributed by atoms with Crippen molar-refractivity contribution in [3.05, 3.63) is 87.1 Å². The van der Waals surface area contributed by atoms with Crippen molar-refractivity contribution in [2.75, 3.05) is 37.6 Å². The number of aliphatic hydroxyl groups is 2. The Morgan fingerprint density at radius 3 is 2.36 bits per heavy atom. The fourth-order valence-corrected chi connectivity index (χ4v) is 5.39. The first-order valence-corrected chi connectivity index (χ1v) is 13.2. The summed E-state index contributed by atoms with van der Waals surface area (Å²) >= 11 is 7.88. The van der Waals surface area contributed by atoms with Crippen LogP contribution in [0.25, 0.3) is 0 Å². The van der Waals surface area contributed by atoms with Gasteiger partial charge in [0.1, 0.15) is 0 Å². The number of hydrogen-bond donors (Lipinski definition) is 3. The highest BCUT2D eigenvalue weighted by Gasteiger charge is 2.34. The summed E-state index contributed by atoms with van der Waals surface area (Å²) in [5, 5.41) is 26.0. The molecule has 4 rings (SSSR count). The van der Waals surface area contributed by atoms with E-state index in [-0.39, 0.29) is 0 Å². The third-order valence-electron chi connectivity index (χ3n) is 6.23. The van der Waals surface area contributed by atoms with Gasteiger partial charge in [0, 0.05) is 37.6 Å². The molecule has 9 heteroatoms. The second-order valence-corrected chi connectivity index (χ2v) is 10.2. The highest BCUT2D eigenvalue weighted by atomic mass is 35.5. The number of aliphatic hydroxyl groups excluding tert-OH is 2. The van der Waals surface area contributed by atoms with E-state index >= 15 is 0 Å². The number of carbonyl (C=O) groups is 2. The van der Waals surface area contributed by atoms with Crippen LogP contribution in [-0.4, -0.2) is 71.9 Å². The van der Waals surface area contributed by atoms with Gasteiger partial charge in [-0.25, -0.2) is 0 Å². The van der Waals surface area contributed by atoms with E-state index in [1.54, 1.807) is 11.3 Å². The summed E-state index contributed by atoms with van der Waals surface area (Å²) in [4.78, 5) is 29.7. The minimum Gasteiger partial charge on any atom is -0.380 e. The number of piperazine rings is 1. The molecule has 190 valence electrons. The minimum atomic E-state index is -1.82. The smallest absolute Gasteiger partial charge is 0.254 e. The molecule has 0 unspecified atom stereocenters. The summed E-state index contributed by atoms with van der Waals surface area (Å²) < 4.78 is 0. The van der Waals surface area contributed by atoms with Crippen LogP contribution in [0.5, 0.6) is 0 Å². The average Bonchev–Trinajstić information content (AvgIpc) is 3.35. The Labute approximate surface area is 219 Å². The molecule has 1 saturated heterocycles. The standard InChI is InChI=1S/C27H30ClN3O4S/c28-22-8-4-5-9-23(22)30-12-14-31(15-13-30)27(35)25(33)24(32)26(34)29-11-10-21-17-20(18-36-21)16-19-6-2-1-3-7-19/h1-9,17-18,24-25,32-33H,10-16H2,(H,29,34)/t24-,25-/m1/s1. The minimum absolute atomic E-state index is 0.304. The normalized spacial score (nSPS) is 15.4. The molecule has 1 aliphatic rings. The Kier molecular flexibility index (Phi) is 8.98. The first kappa shape index (κ1) is 26.2. The molecular weight excluding hydrogens is 498 g/mol. The summed E-state index contributed by atoms with van der Waals surface area (Å²) in [6.45, 7) is 2.10. The van der Waals surface area contributed by atoms with E-state index in [1.165, 1.54) is 16.0 Å². The van der Waals surface area contributed by atoms with Crippen molar-refractivity contribution in [1.82, 2.24) is 10.2 Å². The van der Waals surface area contributed by atoms with Gasteiger partial charge in [0.25, 0.3) is 11.8 Å². The van der Waals surface area contributed by atoms with Crippen LogP contribution in [-0.2, 0) is 22.4 Å². The van der Waals surface area contributed by atoms with Gasteiger partial charge in [0.15, 0.2) is 12.2 Å². The van der Waals surface area contributed by atoms with E-state index in [0.717, 1.165) is 17.0 Å². The lowest BCUT2D eigenvalue weighted by Gasteiger charge is -2.37. The van der Waals surface area contributed by atoms with Gasteiger partial charge in [-0.3, -0.25) is 9.59 Å². The number of para-hydroxylation sites is 1. The van der Waals surface area contributed by atoms with Gasteiger partial charge in [0.2, 0.25) is 0 Å². The maximum atomic E-state index is 12.7. The molecule has 3 N–H and O–H groups in total. The number of rotatable bonds is 9. The lowest BCUT2D eigenvalue weighted by molar-refractivity contribution is -0.153. The maximum absolute atomic E-state index is 12.7. The molecule has 3 aromatic rings. The number of anilines is 1. The van der Waals surface area contributed by atoms with E-state index in [2.05, 4.69) is 33.8 Å². The summed E-state index contributed by atoms with van der Waals surface area (Å²) in [6.07, 6.45) is -2.18. The third kappa shape index (κ3) is 6.64. The molecule has 0 spiro atoms. The summed E-state index contributed by atoms with van der Waals surface area (Å²) in [5.74, 6) is -1.41. The fourth-order valence-electron chi connectivity index (χ4n) is 4.24. The van der Waals surface area contributed by atoms with Crippen LogP contribution in [0.4, 0.5) is 5.69 Å². The van der Waals surface area contributed by atoms with Gasteiger partial charge in [-0.2, -0.15) is 0 Å². The predicted molar refractivity (Wildman–Crippen MR) is 143 cm³/mol. The Morgan fingerprint density at radius 1 is 0.944 bits per heavy atom. The van der Waals surface area contributed by atoms with E-state index in [1.807, 2.05) is 42.5 Å². The topological polar surface area (TPSA) is 93.1 Å². The lowest BCUT2D eigenvalue weighted by Crippen LogP contribution is -2.55. The molecule has 2 aromatic carbocycles. The number of amides is 2. The zero-order valence-corrected chi connectivity index (χ0v) is 21.4. The van der Waals surface area contributed by atoms with Crippen molar-refractivity contribution in [2.24, 2.45) is 0 Å². The molecule has 1 fully saturated rings. The number of hydrogen-bond acceptors (Lipinski definition) is 6. The quantitative estimate of drug-likeness (QED) is 0.398. The first-order chi connectivity index (χ1) is 17.4. The Morgan fingerprint density at radius 2 is 1.64 bits per heavy atom. The van der Waals surface area contributed by atoms with Gasteiger partial charge in [-0.15, -0.1) is 11.3 Å². The van der Waals surface area contributed by atoms with E-state index < -0.39 is 24.0 Å². The molecule has 7 nitrogen and oxygen atoms in total. The Hall–Kier alpha value is -2.91. The number of carbonyl (C=O) groups excluding carboxylic acids is 2. The maximum Gasteiger partial charge on any atom is 0.254 e. The van der Waals surface area contributed by atoms with Gasteiger partial charge >= 0.3 is 0 Å². The first-order valence-electron chi connectivity index (χ1n) is 11.9. The van der Waals surface area contributed by atoms with Crippen molar-refractivity contribution in [2.45, 2.75) is 25.0 Å². The van der Waals surface area contributed by atoms with Crippen molar-refractivity contribution in [3.8, 4) is 0 Å². The molecule has 2 amide bonds. The molecule has 36 heavy (non-hydrogen) atoms. The van der Waals surface area contributed by atoms with Crippen LogP contribution in [0.2, 0.25) is 5.02 Å². The van der Waals surface area contributed by atoms with Gasteiger partial charge in [-0.05, 0) is 47.5 Å². The number of nitrogens with zero attached hydrogens (tertiary/aromatic N) is 2. The third-order valence-corrected chi connectivity index (χ3v) is 7.60. The highest BCUT2D eigenvalue weighted by molar-refractivity contribution is 7.10. The number of halogens is 1. The number of thiophene rings is 1. The molecule has 2 heterocycles. The molecule has 0 aliphatic carbocycles. The molecule has 2 atom stereocenters. The summed E-state index contributed by atoms with van der Waals surface area (Å²) in [7, 11) is 0. The van der Waals surface area contributed by atoms with Crippen LogP contribution in [0.15, 0.2) is 66.0 Å². The van der Waals surface area contributed by atoms with Crippen molar-refractivity contribution in [3.63, 3.8) is 0 Å². The summed E-state index contributed by atoms with van der Waals surface area (Å²) in [5.41, 5.74) is 3.34. The van der Waals surface area contributed by atoms with E-state index in [4.69, 9.17) is 11.6 Å². The van der Waals surface area contributed by atoms with Crippen LogP contribution >= 0.6 is 22.9 Å². The van der Waals surface area contributed by atoms with E-state index in [0.29, 0.717) is 44.2 Å².